The fraction of sp³-hybridized carbons (Fsp3) is 0.222. The predicted octanol–water partition coefficient (Wildman–Crippen LogP) is 4.82. The van der Waals surface area contributed by atoms with Gasteiger partial charge in [-0.3, -0.25) is 14.7 Å². The summed E-state index contributed by atoms with van der Waals surface area (Å²) in [6.07, 6.45) is 4.85. The molecule has 1 amide bonds. The summed E-state index contributed by atoms with van der Waals surface area (Å²) in [6.45, 7) is 6.63. The van der Waals surface area contributed by atoms with Gasteiger partial charge in [0.15, 0.2) is 5.69 Å². The van der Waals surface area contributed by atoms with Crippen molar-refractivity contribution in [3.8, 4) is 0 Å². The molecule has 2 aromatic carbocycles. The lowest BCUT2D eigenvalue weighted by molar-refractivity contribution is 0.0945. The zero-order valence-electron chi connectivity index (χ0n) is 19.0. The monoisotopic (exact) mass is 440 g/mol. The normalized spacial score (nSPS) is 11.0. The number of benzene rings is 2. The van der Waals surface area contributed by atoms with Gasteiger partial charge in [-0.2, -0.15) is 0 Å². The molecule has 6 nitrogen and oxygen atoms in total. The maximum absolute atomic E-state index is 12.5. The highest BCUT2D eigenvalue weighted by atomic mass is 16.3. The zero-order chi connectivity index (χ0) is 23.0. The summed E-state index contributed by atoms with van der Waals surface area (Å²) in [4.78, 5) is 23.3. The van der Waals surface area contributed by atoms with Crippen molar-refractivity contribution in [3.63, 3.8) is 0 Å². The molecule has 0 aliphatic carbocycles. The SMILES string of the molecule is Cc1ccc(C)c(CN(Cc2ccccc2)Cc2nc(C(=O)NCc3cccnc3)co2)c1. The van der Waals surface area contributed by atoms with Crippen molar-refractivity contribution in [1.29, 1.82) is 0 Å². The van der Waals surface area contributed by atoms with Gasteiger partial charge in [0.25, 0.3) is 5.91 Å². The lowest BCUT2D eigenvalue weighted by atomic mass is 10.0. The van der Waals surface area contributed by atoms with Gasteiger partial charge in [0.2, 0.25) is 5.89 Å². The Balaban J connectivity index is 1.46. The third-order valence-corrected chi connectivity index (χ3v) is 5.47. The molecule has 0 saturated heterocycles. The van der Waals surface area contributed by atoms with Crippen LogP contribution in [0.15, 0.2) is 83.7 Å². The van der Waals surface area contributed by atoms with Crippen LogP contribution in [0.1, 0.15) is 44.2 Å². The second-order valence-electron chi connectivity index (χ2n) is 8.23. The molecule has 0 bridgehead atoms. The highest BCUT2D eigenvalue weighted by molar-refractivity contribution is 5.91. The second kappa shape index (κ2) is 10.7. The Morgan fingerprint density at radius 3 is 2.58 bits per heavy atom. The molecule has 0 saturated carbocycles. The Morgan fingerprint density at radius 2 is 1.79 bits per heavy atom. The lowest BCUT2D eigenvalue weighted by Gasteiger charge is -2.22. The number of pyridine rings is 1. The first-order chi connectivity index (χ1) is 16.1. The Hall–Kier alpha value is -3.77. The van der Waals surface area contributed by atoms with E-state index in [1.807, 2.05) is 30.3 Å². The summed E-state index contributed by atoms with van der Waals surface area (Å²) < 4.78 is 5.67. The maximum Gasteiger partial charge on any atom is 0.273 e. The molecule has 0 fully saturated rings. The van der Waals surface area contributed by atoms with Crippen molar-refractivity contribution in [2.75, 3.05) is 0 Å². The number of carbonyl (C=O) groups is 1. The molecule has 0 unspecified atom stereocenters. The molecule has 168 valence electrons. The van der Waals surface area contributed by atoms with E-state index in [-0.39, 0.29) is 11.6 Å². The van der Waals surface area contributed by atoms with E-state index in [0.717, 1.165) is 18.7 Å². The minimum Gasteiger partial charge on any atom is -0.447 e. The first kappa shape index (κ1) is 22.4. The van der Waals surface area contributed by atoms with E-state index < -0.39 is 0 Å². The summed E-state index contributed by atoms with van der Waals surface area (Å²) in [5.74, 6) is 0.251. The van der Waals surface area contributed by atoms with E-state index in [1.165, 1.54) is 28.5 Å². The van der Waals surface area contributed by atoms with Gasteiger partial charge in [-0.1, -0.05) is 60.2 Å². The molecule has 0 atom stereocenters. The summed E-state index contributed by atoms with van der Waals surface area (Å²) in [5, 5.41) is 2.86. The van der Waals surface area contributed by atoms with Crippen LogP contribution in [0.25, 0.3) is 0 Å². The van der Waals surface area contributed by atoms with Crippen molar-refractivity contribution >= 4 is 5.91 Å². The summed E-state index contributed by atoms with van der Waals surface area (Å²) >= 11 is 0. The molecule has 2 aromatic heterocycles. The van der Waals surface area contributed by atoms with Gasteiger partial charge in [-0.15, -0.1) is 0 Å². The molecule has 4 aromatic rings. The number of carbonyl (C=O) groups excluding carboxylic acids is 1. The van der Waals surface area contributed by atoms with E-state index >= 15 is 0 Å². The quantitative estimate of drug-likeness (QED) is 0.404. The molecule has 2 heterocycles. The topological polar surface area (TPSA) is 71.3 Å². The number of oxazole rings is 1. The van der Waals surface area contributed by atoms with Crippen LogP contribution < -0.4 is 5.32 Å². The highest BCUT2D eigenvalue weighted by Crippen LogP contribution is 2.18. The Labute approximate surface area is 194 Å². The Kier molecular flexibility index (Phi) is 7.27. The second-order valence-corrected chi connectivity index (χ2v) is 8.23. The van der Waals surface area contributed by atoms with Gasteiger partial charge < -0.3 is 9.73 Å². The number of hydrogen-bond acceptors (Lipinski definition) is 5. The summed E-state index contributed by atoms with van der Waals surface area (Å²) in [6, 6.07) is 20.6. The van der Waals surface area contributed by atoms with Gasteiger partial charge >= 0.3 is 0 Å². The standard InChI is InChI=1S/C27H28N4O2/c1-20-10-11-21(2)24(13-20)17-31(16-22-7-4-3-5-8-22)18-26-30-25(19-33-26)27(32)29-15-23-9-6-12-28-14-23/h3-14,19H,15-18H2,1-2H3,(H,29,32). The first-order valence-corrected chi connectivity index (χ1v) is 11.0. The number of amides is 1. The number of hydrogen-bond donors (Lipinski definition) is 1. The average Bonchev–Trinajstić information content (AvgIpc) is 3.30. The van der Waals surface area contributed by atoms with E-state index in [9.17, 15) is 4.79 Å². The fourth-order valence-corrected chi connectivity index (χ4v) is 3.68. The molecule has 0 aliphatic rings. The van der Waals surface area contributed by atoms with Crippen LogP contribution in [0.3, 0.4) is 0 Å². The van der Waals surface area contributed by atoms with Crippen molar-refractivity contribution in [1.82, 2.24) is 20.2 Å². The predicted molar refractivity (Wildman–Crippen MR) is 127 cm³/mol. The molecule has 0 spiro atoms. The molecular formula is C27H28N4O2. The Morgan fingerprint density at radius 1 is 0.970 bits per heavy atom. The summed E-state index contributed by atoms with van der Waals surface area (Å²) in [7, 11) is 0. The molecule has 1 N–H and O–H groups in total. The van der Waals surface area contributed by atoms with Crippen molar-refractivity contribution in [3.05, 3.63) is 119 Å². The number of aromatic nitrogens is 2. The minimum absolute atomic E-state index is 0.266. The van der Waals surface area contributed by atoms with Crippen molar-refractivity contribution < 1.29 is 9.21 Å². The average molecular weight is 441 g/mol. The number of nitrogens with one attached hydrogen (secondary N) is 1. The van der Waals surface area contributed by atoms with Crippen LogP contribution in [0, 0.1) is 13.8 Å². The van der Waals surface area contributed by atoms with Crippen LogP contribution in [-0.4, -0.2) is 20.8 Å². The van der Waals surface area contributed by atoms with Crippen LogP contribution in [0.2, 0.25) is 0 Å². The molecule has 0 aliphatic heterocycles. The molecular weight excluding hydrogens is 412 g/mol. The van der Waals surface area contributed by atoms with Gasteiger partial charge in [-0.05, 0) is 42.2 Å². The third-order valence-electron chi connectivity index (χ3n) is 5.47. The van der Waals surface area contributed by atoms with E-state index in [4.69, 9.17) is 4.42 Å². The van der Waals surface area contributed by atoms with Crippen molar-refractivity contribution in [2.45, 2.75) is 40.0 Å². The number of rotatable bonds is 9. The molecule has 33 heavy (non-hydrogen) atoms. The van der Waals surface area contributed by atoms with E-state index in [0.29, 0.717) is 19.0 Å². The van der Waals surface area contributed by atoms with E-state index in [1.54, 1.807) is 12.4 Å². The maximum atomic E-state index is 12.5. The van der Waals surface area contributed by atoms with Gasteiger partial charge in [0.05, 0.1) is 6.54 Å². The first-order valence-electron chi connectivity index (χ1n) is 11.0. The molecule has 4 rings (SSSR count). The molecule has 6 heteroatoms. The highest BCUT2D eigenvalue weighted by Gasteiger charge is 2.16. The van der Waals surface area contributed by atoms with Gasteiger partial charge in [0.1, 0.15) is 6.26 Å². The lowest BCUT2D eigenvalue weighted by Crippen LogP contribution is -2.24. The van der Waals surface area contributed by atoms with Gasteiger partial charge in [-0.25, -0.2) is 4.98 Å². The van der Waals surface area contributed by atoms with Crippen molar-refractivity contribution in [2.24, 2.45) is 0 Å². The van der Waals surface area contributed by atoms with Crippen LogP contribution in [0.5, 0.6) is 0 Å². The smallest absolute Gasteiger partial charge is 0.273 e. The van der Waals surface area contributed by atoms with Crippen LogP contribution in [-0.2, 0) is 26.2 Å². The van der Waals surface area contributed by atoms with E-state index in [2.05, 4.69) is 64.4 Å². The van der Waals surface area contributed by atoms with Crippen LogP contribution in [0.4, 0.5) is 0 Å². The fourth-order valence-electron chi connectivity index (χ4n) is 3.68. The van der Waals surface area contributed by atoms with Gasteiger partial charge in [0, 0.05) is 32.0 Å². The largest absolute Gasteiger partial charge is 0.447 e. The Bertz CT molecular complexity index is 1190. The third kappa shape index (κ3) is 6.37. The zero-order valence-corrected chi connectivity index (χ0v) is 19.0. The summed E-state index contributed by atoms with van der Waals surface area (Å²) in [5.41, 5.74) is 6.17. The molecule has 0 radical (unpaired) electrons. The van der Waals surface area contributed by atoms with Crippen LogP contribution >= 0.6 is 0 Å². The number of nitrogens with zero attached hydrogens (tertiary/aromatic N) is 3. The number of aryl methyl sites for hydroxylation is 2. The minimum atomic E-state index is -0.266.